The quantitative estimate of drug-likeness (QED) is 0.0812. The summed E-state index contributed by atoms with van der Waals surface area (Å²) in [5.74, 6) is 0.332. The van der Waals surface area contributed by atoms with Crippen molar-refractivity contribution < 1.29 is 44.2 Å². The van der Waals surface area contributed by atoms with Crippen LogP contribution in [0.1, 0.15) is 43.5 Å². The predicted octanol–water partition coefficient (Wildman–Crippen LogP) is 5.24. The second kappa shape index (κ2) is 11.0. The summed E-state index contributed by atoms with van der Waals surface area (Å²) in [6.07, 6.45) is 6.18. The highest BCUT2D eigenvalue weighted by atomic mass is 16.8. The Kier molecular flexibility index (Phi) is 7.61. The van der Waals surface area contributed by atoms with Gasteiger partial charge in [0.25, 0.3) is 0 Å². The number of rotatable bonds is 9. The van der Waals surface area contributed by atoms with Crippen molar-refractivity contribution in [1.82, 2.24) is 0 Å². The van der Waals surface area contributed by atoms with Crippen LogP contribution in [0, 0.1) is 11.3 Å². The molecule has 0 amide bonds. The fraction of sp³-hybridized carbons (Fsp3) is 0.312. The molecule has 3 unspecified atom stereocenters. The van der Waals surface area contributed by atoms with Crippen molar-refractivity contribution in [2.45, 2.75) is 39.2 Å². The van der Waals surface area contributed by atoms with E-state index < -0.39 is 17.3 Å². The molecule has 3 atom stereocenters. The number of fused-ring (bicyclic) bond motifs is 5. The molecule has 3 aromatic carbocycles. The average Bonchev–Trinajstić information content (AvgIpc) is 3.44. The van der Waals surface area contributed by atoms with Crippen LogP contribution in [0.5, 0.6) is 17.2 Å². The zero-order valence-electron chi connectivity index (χ0n) is 23.4. The maximum atomic E-state index is 13.8. The standard InChI is InChI=1S/C32H33NO8/c1-6-32(4)12-8-9-20(29(32)18(2)16-34)13-19(3)41-31(35)23-15-26-30(40-17-39-26)28-21-10-7-11-25(38-5)22(21)14-24(27(23)28)33(36)37/h6-7,9-11,14-16,19,29,36-37H,1-2,8,12-13,17H2,3-5H3/p+1. The van der Waals surface area contributed by atoms with Gasteiger partial charge in [0.05, 0.1) is 18.1 Å². The summed E-state index contributed by atoms with van der Waals surface area (Å²) in [6, 6.07) is 8.46. The van der Waals surface area contributed by atoms with E-state index in [9.17, 15) is 20.0 Å². The number of hydrogen-bond acceptors (Lipinski definition) is 8. The monoisotopic (exact) mass is 560 g/mol. The molecule has 0 saturated carbocycles. The number of nitrogens with one attached hydrogen (secondary N) is 1. The lowest BCUT2D eigenvalue weighted by Crippen LogP contribution is -3.02. The number of hydrogen-bond donors (Lipinski definition) is 3. The fourth-order valence-corrected chi connectivity index (χ4v) is 6.25. The van der Waals surface area contributed by atoms with Crippen molar-refractivity contribution in [3.05, 3.63) is 72.4 Å². The Morgan fingerprint density at radius 3 is 2.71 bits per heavy atom. The summed E-state index contributed by atoms with van der Waals surface area (Å²) >= 11 is 0. The fourth-order valence-electron chi connectivity index (χ4n) is 6.25. The molecule has 0 radical (unpaired) electrons. The Bertz CT molecular complexity index is 1610. The molecule has 41 heavy (non-hydrogen) atoms. The van der Waals surface area contributed by atoms with Crippen molar-refractivity contribution in [2.24, 2.45) is 11.3 Å². The molecule has 1 aliphatic carbocycles. The van der Waals surface area contributed by atoms with Gasteiger partial charge in [-0.1, -0.05) is 43.4 Å². The Morgan fingerprint density at radius 2 is 2.02 bits per heavy atom. The number of esters is 1. The predicted molar refractivity (Wildman–Crippen MR) is 152 cm³/mol. The van der Waals surface area contributed by atoms with E-state index in [2.05, 4.69) is 26.2 Å². The zero-order valence-corrected chi connectivity index (χ0v) is 23.4. The van der Waals surface area contributed by atoms with Crippen LogP contribution in [0.4, 0.5) is 5.69 Å². The van der Waals surface area contributed by atoms with Gasteiger partial charge in [0, 0.05) is 29.2 Å². The highest BCUT2D eigenvalue weighted by Crippen LogP contribution is 2.49. The van der Waals surface area contributed by atoms with Gasteiger partial charge < -0.3 is 18.9 Å². The summed E-state index contributed by atoms with van der Waals surface area (Å²) in [4.78, 5) is 25.5. The van der Waals surface area contributed by atoms with Gasteiger partial charge in [-0.2, -0.15) is 10.4 Å². The minimum Gasteiger partial charge on any atom is -0.496 e. The number of methoxy groups -OCH3 is 1. The number of benzene rings is 3. The topological polar surface area (TPSA) is 116 Å². The minimum atomic E-state index is -0.963. The molecule has 2 aliphatic rings. The first-order valence-corrected chi connectivity index (χ1v) is 13.4. The second-order valence-electron chi connectivity index (χ2n) is 10.8. The lowest BCUT2D eigenvalue weighted by Gasteiger charge is -2.40. The van der Waals surface area contributed by atoms with Crippen molar-refractivity contribution in [1.29, 1.82) is 0 Å². The summed E-state index contributed by atoms with van der Waals surface area (Å²) in [5, 5.41) is 21.7. The Hall–Kier alpha value is -4.18. The van der Waals surface area contributed by atoms with E-state index in [4.69, 9.17) is 18.9 Å². The molecule has 1 heterocycles. The number of ether oxygens (including phenoxy) is 4. The van der Waals surface area contributed by atoms with Crippen LogP contribution in [0.2, 0.25) is 0 Å². The van der Waals surface area contributed by atoms with E-state index in [1.807, 2.05) is 12.1 Å². The maximum absolute atomic E-state index is 13.8. The number of allylic oxidation sites excluding steroid dienone is 3. The molecule has 0 bridgehead atoms. The number of quaternary nitrogens is 1. The van der Waals surface area contributed by atoms with E-state index in [1.165, 1.54) is 13.2 Å². The summed E-state index contributed by atoms with van der Waals surface area (Å²) in [7, 11) is 1.52. The molecule has 9 nitrogen and oxygen atoms in total. The van der Waals surface area contributed by atoms with Gasteiger partial charge in [0.1, 0.15) is 18.1 Å². The molecule has 9 heteroatoms. The highest BCUT2D eigenvalue weighted by molar-refractivity contribution is 6.22. The number of carbonyl (C=O) groups excluding carboxylic acids is 2. The lowest BCUT2D eigenvalue weighted by atomic mass is 9.64. The maximum Gasteiger partial charge on any atom is 0.339 e. The third-order valence-corrected chi connectivity index (χ3v) is 8.18. The van der Waals surface area contributed by atoms with E-state index in [0.29, 0.717) is 45.4 Å². The molecule has 3 aromatic rings. The molecule has 1 aliphatic heterocycles. The average molecular weight is 561 g/mol. The van der Waals surface area contributed by atoms with E-state index in [0.717, 1.165) is 24.7 Å². The Morgan fingerprint density at radius 1 is 1.24 bits per heavy atom. The SMILES string of the molecule is C=CC1(C)CCC=C(CC(C)OC(=O)c2cc3c(c4c2c([NH+](O)O)cc2c(OC)cccc24)OCO3)C1C(=C)C=O. The molecule has 0 fully saturated rings. The van der Waals surface area contributed by atoms with Crippen LogP contribution in [0.15, 0.2) is 66.8 Å². The molecular weight excluding hydrogens is 526 g/mol. The van der Waals surface area contributed by atoms with Crippen LogP contribution in [0.3, 0.4) is 0 Å². The van der Waals surface area contributed by atoms with Gasteiger partial charge in [-0.25, -0.2) is 4.79 Å². The summed E-state index contributed by atoms with van der Waals surface area (Å²) in [5.41, 5.74) is 1.20. The Labute approximate surface area is 237 Å². The van der Waals surface area contributed by atoms with Crippen molar-refractivity contribution in [3.63, 3.8) is 0 Å². The first-order valence-electron chi connectivity index (χ1n) is 13.4. The summed E-state index contributed by atoms with van der Waals surface area (Å²) in [6.45, 7) is 11.8. The normalized spacial score (nSPS) is 20.5. The molecule has 5 rings (SSSR count). The molecular formula is C32H34NO8+. The molecule has 3 N–H and O–H groups in total. The molecule has 0 saturated heterocycles. The van der Waals surface area contributed by atoms with Crippen LogP contribution in [-0.4, -0.2) is 42.7 Å². The third kappa shape index (κ3) is 4.86. The van der Waals surface area contributed by atoms with Gasteiger partial charge in [0.15, 0.2) is 11.5 Å². The third-order valence-electron chi connectivity index (χ3n) is 8.18. The summed E-state index contributed by atoms with van der Waals surface area (Å²) < 4.78 is 22.9. The minimum absolute atomic E-state index is 0.0222. The molecule has 214 valence electrons. The van der Waals surface area contributed by atoms with E-state index in [1.54, 1.807) is 25.1 Å². The largest absolute Gasteiger partial charge is 0.496 e. The molecule has 0 aromatic heterocycles. The molecule has 0 spiro atoms. The lowest BCUT2D eigenvalue weighted by molar-refractivity contribution is -1.19. The van der Waals surface area contributed by atoms with Crippen LogP contribution in [-0.2, 0) is 9.53 Å². The van der Waals surface area contributed by atoms with Crippen LogP contribution < -0.4 is 19.4 Å². The first-order chi connectivity index (χ1) is 19.6. The number of aldehydes is 1. The Balaban J connectivity index is 1.57. The van der Waals surface area contributed by atoms with Gasteiger partial charge in [0.2, 0.25) is 12.5 Å². The van der Waals surface area contributed by atoms with Crippen LogP contribution in [0.25, 0.3) is 21.5 Å². The van der Waals surface area contributed by atoms with Gasteiger partial charge >= 0.3 is 5.97 Å². The van der Waals surface area contributed by atoms with Crippen molar-refractivity contribution in [2.75, 3.05) is 13.9 Å². The van der Waals surface area contributed by atoms with Crippen molar-refractivity contribution >= 4 is 39.5 Å². The van der Waals surface area contributed by atoms with E-state index in [-0.39, 0.29) is 34.8 Å². The highest BCUT2D eigenvalue weighted by Gasteiger charge is 2.38. The first kappa shape index (κ1) is 28.4. The van der Waals surface area contributed by atoms with Gasteiger partial charge in [-0.05, 0) is 53.5 Å². The van der Waals surface area contributed by atoms with Gasteiger partial charge in [-0.3, -0.25) is 4.79 Å². The zero-order chi connectivity index (χ0) is 29.5. The van der Waals surface area contributed by atoms with Gasteiger partial charge in [-0.15, -0.1) is 6.58 Å². The smallest absolute Gasteiger partial charge is 0.339 e. The number of carbonyl (C=O) groups is 2. The van der Waals surface area contributed by atoms with Crippen LogP contribution >= 0.6 is 0 Å². The van der Waals surface area contributed by atoms with Crippen molar-refractivity contribution in [3.8, 4) is 17.2 Å². The van der Waals surface area contributed by atoms with E-state index >= 15 is 0 Å². The second-order valence-corrected chi connectivity index (χ2v) is 10.8.